The summed E-state index contributed by atoms with van der Waals surface area (Å²) in [7, 11) is 0. The van der Waals surface area contributed by atoms with Crippen molar-refractivity contribution in [3.8, 4) is 0 Å². The van der Waals surface area contributed by atoms with Gasteiger partial charge < -0.3 is 9.67 Å². The van der Waals surface area contributed by atoms with Crippen LogP contribution in [-0.4, -0.2) is 20.6 Å². The number of hydrogen-bond acceptors (Lipinski definition) is 2. The molecule has 1 heterocycles. The van der Waals surface area contributed by atoms with Crippen LogP contribution in [0.25, 0.3) is 17.1 Å². The molecular formula is C13H13ClN2O2. The van der Waals surface area contributed by atoms with E-state index in [0.717, 1.165) is 22.7 Å². The molecule has 94 valence electrons. The molecule has 0 spiro atoms. The number of carboxylic acids is 1. The minimum atomic E-state index is -0.987. The van der Waals surface area contributed by atoms with Crippen LogP contribution in [0.3, 0.4) is 0 Å². The van der Waals surface area contributed by atoms with Crippen LogP contribution < -0.4 is 0 Å². The molecule has 0 unspecified atom stereocenters. The van der Waals surface area contributed by atoms with Gasteiger partial charge in [-0.25, -0.2) is 9.78 Å². The number of fused-ring (bicyclic) bond motifs is 1. The summed E-state index contributed by atoms with van der Waals surface area (Å²) in [5.41, 5.74) is 2.76. The second-order valence-corrected chi connectivity index (χ2v) is 4.41. The molecule has 0 aliphatic carbocycles. The van der Waals surface area contributed by atoms with Gasteiger partial charge in [0.2, 0.25) is 0 Å². The number of aryl methyl sites for hydroxylation is 2. The van der Waals surface area contributed by atoms with Gasteiger partial charge in [0.05, 0.1) is 11.0 Å². The van der Waals surface area contributed by atoms with Gasteiger partial charge in [-0.05, 0) is 37.6 Å². The zero-order valence-corrected chi connectivity index (χ0v) is 10.9. The third kappa shape index (κ3) is 2.24. The first kappa shape index (κ1) is 12.6. The van der Waals surface area contributed by atoms with E-state index in [2.05, 4.69) is 4.98 Å². The normalized spacial score (nSPS) is 11.5. The van der Waals surface area contributed by atoms with Gasteiger partial charge in [-0.1, -0.05) is 11.6 Å². The van der Waals surface area contributed by atoms with Gasteiger partial charge in [-0.2, -0.15) is 0 Å². The summed E-state index contributed by atoms with van der Waals surface area (Å²) in [6.45, 7) is 4.62. The number of halogens is 1. The van der Waals surface area contributed by atoms with Crippen molar-refractivity contribution in [2.24, 2.45) is 0 Å². The van der Waals surface area contributed by atoms with Crippen molar-refractivity contribution in [3.05, 3.63) is 34.6 Å². The molecule has 0 aliphatic rings. The predicted molar refractivity (Wildman–Crippen MR) is 71.8 cm³/mol. The number of aliphatic carboxylic acids is 1. The van der Waals surface area contributed by atoms with Crippen molar-refractivity contribution >= 4 is 34.7 Å². The minimum Gasteiger partial charge on any atom is -0.478 e. The fraction of sp³-hybridized carbons (Fsp3) is 0.231. The summed E-state index contributed by atoms with van der Waals surface area (Å²) in [6, 6.07) is 3.69. The number of carbonyl (C=O) groups is 1. The maximum atomic E-state index is 10.6. The Balaban J connectivity index is 2.68. The van der Waals surface area contributed by atoms with Gasteiger partial charge >= 0.3 is 5.97 Å². The van der Waals surface area contributed by atoms with Crippen molar-refractivity contribution < 1.29 is 9.90 Å². The average Bonchev–Trinajstić information content (AvgIpc) is 2.64. The molecule has 2 aromatic rings. The zero-order chi connectivity index (χ0) is 13.3. The SMILES string of the molecule is CCn1c(/C=C/C(=O)O)nc2c(C)cc(Cl)cc21. The van der Waals surface area contributed by atoms with Crippen LogP contribution in [0.2, 0.25) is 5.02 Å². The van der Waals surface area contributed by atoms with Crippen molar-refractivity contribution in [1.82, 2.24) is 9.55 Å². The molecule has 0 saturated heterocycles. The van der Waals surface area contributed by atoms with E-state index >= 15 is 0 Å². The minimum absolute atomic E-state index is 0.625. The van der Waals surface area contributed by atoms with E-state index in [-0.39, 0.29) is 0 Å². The van der Waals surface area contributed by atoms with E-state index in [1.54, 1.807) is 0 Å². The molecule has 1 N–H and O–H groups in total. The van der Waals surface area contributed by atoms with Crippen LogP contribution in [0.4, 0.5) is 0 Å². The van der Waals surface area contributed by atoms with E-state index in [4.69, 9.17) is 16.7 Å². The Bertz CT molecular complexity index is 644. The van der Waals surface area contributed by atoms with Gasteiger partial charge in [0.25, 0.3) is 0 Å². The van der Waals surface area contributed by atoms with Crippen LogP contribution in [-0.2, 0) is 11.3 Å². The number of rotatable bonds is 3. The van der Waals surface area contributed by atoms with Crippen molar-refractivity contribution in [2.45, 2.75) is 20.4 Å². The van der Waals surface area contributed by atoms with Crippen LogP contribution in [0.5, 0.6) is 0 Å². The predicted octanol–water partition coefficient (Wildman–Crippen LogP) is 3.12. The first-order valence-corrected chi connectivity index (χ1v) is 5.98. The number of aromatic nitrogens is 2. The number of nitrogens with zero attached hydrogens (tertiary/aromatic N) is 2. The van der Waals surface area contributed by atoms with Gasteiger partial charge in [0.15, 0.2) is 0 Å². The Morgan fingerprint density at radius 1 is 1.56 bits per heavy atom. The molecule has 0 atom stereocenters. The number of carboxylic acid groups (broad SMARTS) is 1. The summed E-state index contributed by atoms with van der Waals surface area (Å²) in [4.78, 5) is 15.0. The lowest BCUT2D eigenvalue weighted by Gasteiger charge is -2.03. The summed E-state index contributed by atoms with van der Waals surface area (Å²) in [5.74, 6) is -0.361. The van der Waals surface area contributed by atoms with Crippen LogP contribution in [0.1, 0.15) is 18.3 Å². The maximum Gasteiger partial charge on any atom is 0.328 e. The molecule has 0 saturated carbocycles. The monoisotopic (exact) mass is 264 g/mol. The summed E-state index contributed by atoms with van der Waals surface area (Å²) in [5, 5.41) is 9.32. The molecule has 18 heavy (non-hydrogen) atoms. The maximum absolute atomic E-state index is 10.6. The highest BCUT2D eigenvalue weighted by Gasteiger charge is 2.10. The lowest BCUT2D eigenvalue weighted by Crippen LogP contribution is -1.97. The molecule has 5 heteroatoms. The fourth-order valence-corrected chi connectivity index (χ4v) is 2.24. The molecular weight excluding hydrogens is 252 g/mol. The molecule has 1 aromatic heterocycles. The van der Waals surface area contributed by atoms with Crippen LogP contribution in [0.15, 0.2) is 18.2 Å². The van der Waals surface area contributed by atoms with E-state index in [0.29, 0.717) is 17.4 Å². The smallest absolute Gasteiger partial charge is 0.328 e. The van der Waals surface area contributed by atoms with E-state index < -0.39 is 5.97 Å². The topological polar surface area (TPSA) is 55.1 Å². The summed E-state index contributed by atoms with van der Waals surface area (Å²) >= 11 is 6.04. The second kappa shape index (κ2) is 4.82. The molecule has 0 fully saturated rings. The number of benzene rings is 1. The third-order valence-electron chi connectivity index (χ3n) is 2.73. The molecule has 2 rings (SSSR count). The van der Waals surface area contributed by atoms with E-state index in [1.165, 1.54) is 6.08 Å². The molecule has 0 aliphatic heterocycles. The first-order valence-electron chi connectivity index (χ1n) is 5.60. The second-order valence-electron chi connectivity index (χ2n) is 3.98. The van der Waals surface area contributed by atoms with Gasteiger partial charge in [-0.3, -0.25) is 0 Å². The van der Waals surface area contributed by atoms with E-state index in [9.17, 15) is 4.79 Å². The fourth-order valence-electron chi connectivity index (χ4n) is 1.97. The molecule has 1 aromatic carbocycles. The van der Waals surface area contributed by atoms with Crippen molar-refractivity contribution in [1.29, 1.82) is 0 Å². The standard InChI is InChI=1S/C13H13ClN2O2/c1-3-16-10-7-9(14)6-8(2)13(10)15-11(16)4-5-12(17)18/h4-7H,3H2,1-2H3,(H,17,18)/b5-4+. The molecule has 4 nitrogen and oxygen atoms in total. The van der Waals surface area contributed by atoms with Crippen molar-refractivity contribution in [3.63, 3.8) is 0 Å². The summed E-state index contributed by atoms with van der Waals surface area (Å²) < 4.78 is 1.94. The lowest BCUT2D eigenvalue weighted by atomic mass is 10.2. The zero-order valence-electron chi connectivity index (χ0n) is 10.1. The highest BCUT2D eigenvalue weighted by molar-refractivity contribution is 6.31. The Labute approximate surface area is 110 Å². The average molecular weight is 265 g/mol. The van der Waals surface area contributed by atoms with Gasteiger partial charge in [0.1, 0.15) is 5.82 Å². The number of hydrogen-bond donors (Lipinski definition) is 1. The van der Waals surface area contributed by atoms with Crippen LogP contribution in [0, 0.1) is 6.92 Å². The highest BCUT2D eigenvalue weighted by Crippen LogP contribution is 2.25. The van der Waals surface area contributed by atoms with Gasteiger partial charge in [-0.15, -0.1) is 0 Å². The van der Waals surface area contributed by atoms with Crippen LogP contribution >= 0.6 is 11.6 Å². The molecule has 0 bridgehead atoms. The quantitative estimate of drug-likeness (QED) is 0.867. The lowest BCUT2D eigenvalue weighted by molar-refractivity contribution is -0.131. The summed E-state index contributed by atoms with van der Waals surface area (Å²) in [6.07, 6.45) is 2.59. The molecule has 0 amide bonds. The van der Waals surface area contributed by atoms with Crippen molar-refractivity contribution in [2.75, 3.05) is 0 Å². The highest BCUT2D eigenvalue weighted by atomic mass is 35.5. The Kier molecular flexibility index (Phi) is 3.39. The van der Waals surface area contributed by atoms with E-state index in [1.807, 2.05) is 30.5 Å². The largest absolute Gasteiger partial charge is 0.478 e. The number of imidazole rings is 1. The first-order chi connectivity index (χ1) is 8.52. The third-order valence-corrected chi connectivity index (χ3v) is 2.95. The Morgan fingerprint density at radius 2 is 2.28 bits per heavy atom. The Hall–Kier alpha value is -1.81. The van der Waals surface area contributed by atoms with Gasteiger partial charge in [0, 0.05) is 17.6 Å². The Morgan fingerprint density at radius 3 is 2.89 bits per heavy atom. The molecule has 0 radical (unpaired) electrons.